The summed E-state index contributed by atoms with van der Waals surface area (Å²) in [7, 11) is 1.18. The molecule has 0 aliphatic rings. The summed E-state index contributed by atoms with van der Waals surface area (Å²) in [6.45, 7) is 0. The highest BCUT2D eigenvalue weighted by Gasteiger charge is 2.15. The van der Waals surface area contributed by atoms with Gasteiger partial charge in [-0.1, -0.05) is 0 Å². The number of esters is 1. The van der Waals surface area contributed by atoms with E-state index < -0.39 is 11.9 Å². The molecule has 0 saturated heterocycles. The number of carbonyl (C=O) groups is 3. The van der Waals surface area contributed by atoms with Crippen LogP contribution in [-0.4, -0.2) is 25.3 Å². The summed E-state index contributed by atoms with van der Waals surface area (Å²) in [5.74, 6) is -1.41. The largest absolute Gasteiger partial charge is 0.465 e. The van der Waals surface area contributed by atoms with Crippen LogP contribution in [0.25, 0.3) is 0 Å². The lowest BCUT2D eigenvalue weighted by atomic mass is 10.0. The molecule has 16 heavy (non-hydrogen) atoms. The topological polar surface area (TPSA) is 69.7 Å². The number of hydrogen-bond donors (Lipinski definition) is 1. The van der Waals surface area contributed by atoms with E-state index >= 15 is 0 Å². The molecule has 0 saturated carbocycles. The first kappa shape index (κ1) is 12.3. The lowest BCUT2D eigenvalue weighted by Crippen LogP contribution is -2.08. The van der Waals surface area contributed by atoms with Crippen molar-refractivity contribution in [2.45, 2.75) is 0 Å². The molecule has 0 aliphatic heterocycles. The Balaban J connectivity index is 3.26. The number of benzene rings is 1. The van der Waals surface area contributed by atoms with Crippen LogP contribution in [-0.2, 0) is 8.92 Å². The summed E-state index contributed by atoms with van der Waals surface area (Å²) in [6, 6.07) is 3.90. The van der Waals surface area contributed by atoms with Crippen molar-refractivity contribution in [2.75, 3.05) is 7.11 Å². The number of rotatable bonds is 3. The van der Waals surface area contributed by atoms with E-state index in [1.807, 2.05) is 0 Å². The fourth-order valence-corrected chi connectivity index (χ4v) is 1.23. The van der Waals surface area contributed by atoms with Gasteiger partial charge in [0.15, 0.2) is 6.29 Å². The van der Waals surface area contributed by atoms with E-state index in [4.69, 9.17) is 0 Å². The quantitative estimate of drug-likeness (QED) is 0.373. The van der Waals surface area contributed by atoms with Gasteiger partial charge in [-0.15, -0.1) is 0 Å². The normalized spacial score (nSPS) is 9.38. The predicted octanol–water partition coefficient (Wildman–Crippen LogP) is 1.29. The molecule has 1 aromatic carbocycles. The van der Waals surface area contributed by atoms with Gasteiger partial charge in [0, 0.05) is 18.5 Å². The monoisotopic (exact) mass is 240 g/mol. The number of carbonyl (C=O) groups excluding carboxylic acids is 3. The van der Waals surface area contributed by atoms with Gasteiger partial charge in [-0.05, 0) is 18.2 Å². The zero-order chi connectivity index (χ0) is 12.1. The van der Waals surface area contributed by atoms with Crippen molar-refractivity contribution in [2.24, 2.45) is 0 Å². The Morgan fingerprint density at radius 3 is 2.50 bits per heavy atom. The van der Waals surface area contributed by atoms with E-state index in [1.54, 1.807) is 0 Å². The van der Waals surface area contributed by atoms with Gasteiger partial charge in [0.2, 0.25) is 0 Å². The Hall–Kier alpha value is -1.82. The molecule has 0 unspecified atom stereocenters. The Kier molecular flexibility index (Phi) is 4.07. The van der Waals surface area contributed by atoms with Gasteiger partial charge >= 0.3 is 11.9 Å². The van der Waals surface area contributed by atoms with E-state index in [2.05, 4.69) is 21.8 Å². The number of methoxy groups -OCH3 is 1. The molecule has 0 radical (unpaired) electrons. The van der Waals surface area contributed by atoms with Crippen LogP contribution in [0.15, 0.2) is 18.2 Å². The minimum absolute atomic E-state index is 0.00809. The molecule has 0 spiro atoms. The third kappa shape index (κ3) is 2.40. The van der Waals surface area contributed by atoms with Gasteiger partial charge in [0.05, 0.1) is 18.2 Å². The summed E-state index contributed by atoms with van der Waals surface area (Å²) >= 11 is 3.35. The van der Waals surface area contributed by atoms with Crippen LogP contribution in [0.4, 0.5) is 0 Å². The smallest absolute Gasteiger partial charge is 0.349 e. The Morgan fingerprint density at radius 2 is 2.00 bits per heavy atom. The molecule has 84 valence electrons. The summed E-state index contributed by atoms with van der Waals surface area (Å²) in [5, 5.41) is 0. The molecule has 0 bridgehead atoms. The highest BCUT2D eigenvalue weighted by atomic mass is 32.1. The van der Waals surface area contributed by atoms with E-state index in [0.717, 1.165) is 0 Å². The zero-order valence-electron chi connectivity index (χ0n) is 8.30. The standard InChI is InChI=1S/C10H8O5S/c1-14-10(13)8-4-6(9(12)15-16)2-3-7(8)5-11/h2-5,16H,1H3. The van der Waals surface area contributed by atoms with Gasteiger partial charge in [-0.25, -0.2) is 9.59 Å². The van der Waals surface area contributed by atoms with Crippen LogP contribution < -0.4 is 0 Å². The van der Waals surface area contributed by atoms with Crippen LogP contribution in [0.2, 0.25) is 0 Å². The van der Waals surface area contributed by atoms with Crippen LogP contribution in [0.1, 0.15) is 31.1 Å². The van der Waals surface area contributed by atoms with Crippen LogP contribution in [0.3, 0.4) is 0 Å². The van der Waals surface area contributed by atoms with Crippen LogP contribution in [0.5, 0.6) is 0 Å². The molecule has 0 amide bonds. The molecule has 6 heteroatoms. The summed E-state index contributed by atoms with van der Waals surface area (Å²) < 4.78 is 8.67. The first-order valence-corrected chi connectivity index (χ1v) is 4.53. The average molecular weight is 240 g/mol. The SMILES string of the molecule is COC(=O)c1cc(C(=O)OS)ccc1C=O. The zero-order valence-corrected chi connectivity index (χ0v) is 9.19. The molecule has 0 N–H and O–H groups in total. The summed E-state index contributed by atoms with van der Waals surface area (Å²) in [6.07, 6.45) is 0.502. The number of thiol groups is 1. The summed E-state index contributed by atoms with van der Waals surface area (Å²) in [5.41, 5.74) is 0.261. The van der Waals surface area contributed by atoms with Crippen molar-refractivity contribution >= 4 is 31.1 Å². The van der Waals surface area contributed by atoms with Crippen LogP contribution >= 0.6 is 12.9 Å². The molecular formula is C10H8O5S. The Labute approximate surface area is 97.0 Å². The molecule has 0 fully saturated rings. The number of hydrogen-bond acceptors (Lipinski definition) is 6. The highest BCUT2D eigenvalue weighted by molar-refractivity contribution is 7.75. The molecular weight excluding hydrogens is 232 g/mol. The third-order valence-electron chi connectivity index (χ3n) is 1.90. The second kappa shape index (κ2) is 5.32. The highest BCUT2D eigenvalue weighted by Crippen LogP contribution is 2.13. The number of aldehydes is 1. The fraction of sp³-hybridized carbons (Fsp3) is 0.100. The molecule has 5 nitrogen and oxygen atoms in total. The molecule has 0 heterocycles. The minimum atomic E-state index is -0.717. The molecule has 1 aromatic rings. The Bertz CT molecular complexity index is 441. The maximum atomic E-state index is 11.3. The van der Waals surface area contributed by atoms with Crippen molar-refractivity contribution in [3.05, 3.63) is 34.9 Å². The van der Waals surface area contributed by atoms with Gasteiger partial charge in [0.25, 0.3) is 0 Å². The fourth-order valence-electron chi connectivity index (χ4n) is 1.13. The first-order valence-electron chi connectivity index (χ1n) is 4.17. The molecule has 0 atom stereocenters. The minimum Gasteiger partial charge on any atom is -0.465 e. The first-order chi connectivity index (χ1) is 7.63. The molecule has 1 rings (SSSR count). The second-order valence-electron chi connectivity index (χ2n) is 2.79. The maximum Gasteiger partial charge on any atom is 0.349 e. The average Bonchev–Trinajstić information content (AvgIpc) is 2.35. The number of ether oxygens (including phenoxy) is 1. The van der Waals surface area contributed by atoms with Crippen molar-refractivity contribution in [1.82, 2.24) is 0 Å². The van der Waals surface area contributed by atoms with E-state index in [1.165, 1.54) is 25.3 Å². The van der Waals surface area contributed by atoms with Gasteiger partial charge in [-0.3, -0.25) is 4.79 Å². The van der Waals surface area contributed by atoms with Crippen molar-refractivity contribution in [3.63, 3.8) is 0 Å². The lowest BCUT2D eigenvalue weighted by molar-refractivity contribution is 0.0598. The Morgan fingerprint density at radius 1 is 1.31 bits per heavy atom. The van der Waals surface area contributed by atoms with Crippen molar-refractivity contribution in [1.29, 1.82) is 0 Å². The molecule has 0 aromatic heterocycles. The van der Waals surface area contributed by atoms with Crippen molar-refractivity contribution < 1.29 is 23.3 Å². The van der Waals surface area contributed by atoms with E-state index in [9.17, 15) is 14.4 Å². The van der Waals surface area contributed by atoms with E-state index in [0.29, 0.717) is 6.29 Å². The van der Waals surface area contributed by atoms with Gasteiger partial charge in [0.1, 0.15) is 0 Å². The molecule has 0 aliphatic carbocycles. The van der Waals surface area contributed by atoms with Gasteiger partial charge < -0.3 is 8.92 Å². The predicted molar refractivity (Wildman–Crippen MR) is 57.6 cm³/mol. The van der Waals surface area contributed by atoms with Crippen molar-refractivity contribution in [3.8, 4) is 0 Å². The maximum absolute atomic E-state index is 11.3. The van der Waals surface area contributed by atoms with Crippen LogP contribution in [0, 0.1) is 0 Å². The third-order valence-corrected chi connectivity index (χ3v) is 2.07. The van der Waals surface area contributed by atoms with Gasteiger partial charge in [-0.2, -0.15) is 0 Å². The summed E-state index contributed by atoms with van der Waals surface area (Å²) in [4.78, 5) is 33.1. The second-order valence-corrected chi connectivity index (χ2v) is 2.97. The van der Waals surface area contributed by atoms with E-state index in [-0.39, 0.29) is 16.7 Å². The lowest BCUT2D eigenvalue weighted by Gasteiger charge is -2.04.